The normalized spacial score (nSPS) is 13.9. The lowest BCUT2D eigenvalue weighted by molar-refractivity contribution is 0.244. The Hall–Kier alpha value is -0.390. The summed E-state index contributed by atoms with van der Waals surface area (Å²) < 4.78 is 24.0. The predicted molar refractivity (Wildman–Crippen MR) is 57.6 cm³/mol. The SMILES string of the molecule is CCC(O)S(=O)(=O)c1cccc(Br)c1. The summed E-state index contributed by atoms with van der Waals surface area (Å²) in [7, 11) is -3.59. The second-order valence-corrected chi connectivity index (χ2v) is 5.89. The molecule has 1 N–H and O–H groups in total. The van der Waals surface area contributed by atoms with Crippen LogP contribution in [0.1, 0.15) is 13.3 Å². The highest BCUT2D eigenvalue weighted by atomic mass is 79.9. The van der Waals surface area contributed by atoms with Gasteiger partial charge in [0.15, 0.2) is 5.44 Å². The van der Waals surface area contributed by atoms with E-state index in [2.05, 4.69) is 15.9 Å². The van der Waals surface area contributed by atoms with Crippen molar-refractivity contribution >= 4 is 25.8 Å². The van der Waals surface area contributed by atoms with Crippen molar-refractivity contribution in [2.45, 2.75) is 23.7 Å². The van der Waals surface area contributed by atoms with Crippen molar-refractivity contribution < 1.29 is 13.5 Å². The van der Waals surface area contributed by atoms with Crippen LogP contribution < -0.4 is 0 Å². The molecule has 0 aliphatic heterocycles. The van der Waals surface area contributed by atoms with Crippen molar-refractivity contribution in [2.24, 2.45) is 0 Å². The van der Waals surface area contributed by atoms with Crippen LogP contribution in [0.3, 0.4) is 0 Å². The third kappa shape index (κ3) is 2.34. The molecule has 5 heteroatoms. The van der Waals surface area contributed by atoms with Crippen LogP contribution in [-0.4, -0.2) is 19.0 Å². The molecule has 14 heavy (non-hydrogen) atoms. The van der Waals surface area contributed by atoms with E-state index in [1.807, 2.05) is 0 Å². The van der Waals surface area contributed by atoms with Crippen molar-refractivity contribution in [3.63, 3.8) is 0 Å². The molecule has 0 heterocycles. The minimum atomic E-state index is -3.59. The average Bonchev–Trinajstić information content (AvgIpc) is 2.16. The van der Waals surface area contributed by atoms with Gasteiger partial charge in [0.05, 0.1) is 4.90 Å². The Bertz CT molecular complexity index is 414. The number of hydrogen-bond donors (Lipinski definition) is 1. The minimum Gasteiger partial charge on any atom is -0.377 e. The van der Waals surface area contributed by atoms with Crippen LogP contribution >= 0.6 is 15.9 Å². The number of aliphatic hydroxyl groups excluding tert-OH is 1. The minimum absolute atomic E-state index is 0.140. The number of aliphatic hydroxyl groups is 1. The fourth-order valence-corrected chi connectivity index (χ4v) is 2.88. The Labute approximate surface area is 91.8 Å². The van der Waals surface area contributed by atoms with E-state index < -0.39 is 15.3 Å². The van der Waals surface area contributed by atoms with Gasteiger partial charge in [-0.1, -0.05) is 28.9 Å². The highest BCUT2D eigenvalue weighted by Gasteiger charge is 2.23. The van der Waals surface area contributed by atoms with E-state index in [4.69, 9.17) is 0 Å². The highest BCUT2D eigenvalue weighted by Crippen LogP contribution is 2.20. The molecule has 3 nitrogen and oxygen atoms in total. The Morgan fingerprint density at radius 3 is 2.64 bits per heavy atom. The smallest absolute Gasteiger partial charge is 0.204 e. The van der Waals surface area contributed by atoms with Gasteiger partial charge in [0.2, 0.25) is 9.84 Å². The number of rotatable bonds is 3. The summed E-state index contributed by atoms with van der Waals surface area (Å²) >= 11 is 3.18. The van der Waals surface area contributed by atoms with Crippen LogP contribution in [0.5, 0.6) is 0 Å². The van der Waals surface area contributed by atoms with E-state index in [1.54, 1.807) is 19.1 Å². The third-order valence-corrected chi connectivity index (χ3v) is 4.29. The number of hydrogen-bond acceptors (Lipinski definition) is 3. The second kappa shape index (κ2) is 4.42. The molecule has 0 aromatic heterocycles. The number of benzene rings is 1. The maximum atomic E-state index is 11.6. The predicted octanol–water partition coefficient (Wildman–Crippen LogP) is 1.95. The quantitative estimate of drug-likeness (QED) is 0.920. The Morgan fingerprint density at radius 1 is 1.50 bits per heavy atom. The van der Waals surface area contributed by atoms with Gasteiger partial charge in [-0.15, -0.1) is 0 Å². The summed E-state index contributed by atoms with van der Waals surface area (Å²) in [6.07, 6.45) is 0.189. The fourth-order valence-electron chi connectivity index (χ4n) is 1.02. The van der Waals surface area contributed by atoms with Gasteiger partial charge in [-0.2, -0.15) is 0 Å². The zero-order valence-corrected chi connectivity index (χ0v) is 10.0. The van der Waals surface area contributed by atoms with Gasteiger partial charge in [0, 0.05) is 4.47 Å². The molecule has 1 rings (SSSR count). The molecule has 1 atom stereocenters. The lowest BCUT2D eigenvalue weighted by atomic mass is 10.4. The molecule has 0 saturated carbocycles. The van der Waals surface area contributed by atoms with Gasteiger partial charge in [-0.05, 0) is 24.6 Å². The maximum absolute atomic E-state index is 11.6. The van der Waals surface area contributed by atoms with Crippen LogP contribution in [0.15, 0.2) is 33.6 Å². The van der Waals surface area contributed by atoms with E-state index in [0.29, 0.717) is 4.47 Å². The topological polar surface area (TPSA) is 54.4 Å². The van der Waals surface area contributed by atoms with Gasteiger partial charge >= 0.3 is 0 Å². The van der Waals surface area contributed by atoms with E-state index >= 15 is 0 Å². The zero-order valence-electron chi connectivity index (χ0n) is 7.64. The van der Waals surface area contributed by atoms with Gasteiger partial charge in [0.1, 0.15) is 0 Å². The van der Waals surface area contributed by atoms with Crippen molar-refractivity contribution in [1.29, 1.82) is 0 Å². The molecule has 0 bridgehead atoms. The summed E-state index contributed by atoms with van der Waals surface area (Å²) in [6.45, 7) is 1.63. The first-order chi connectivity index (χ1) is 6.48. The number of sulfone groups is 1. The first-order valence-electron chi connectivity index (χ1n) is 4.16. The lowest BCUT2D eigenvalue weighted by Gasteiger charge is -2.09. The average molecular weight is 279 g/mol. The first kappa shape index (κ1) is 11.7. The van der Waals surface area contributed by atoms with E-state index in [0.717, 1.165) is 0 Å². The fraction of sp³-hybridized carbons (Fsp3) is 0.333. The van der Waals surface area contributed by atoms with Crippen molar-refractivity contribution in [1.82, 2.24) is 0 Å². The van der Waals surface area contributed by atoms with Gasteiger partial charge < -0.3 is 5.11 Å². The summed E-state index contributed by atoms with van der Waals surface area (Å²) in [5.74, 6) is 0. The summed E-state index contributed by atoms with van der Waals surface area (Å²) in [5.41, 5.74) is -1.32. The molecule has 0 saturated heterocycles. The van der Waals surface area contributed by atoms with Crippen LogP contribution in [0.25, 0.3) is 0 Å². The molecule has 1 aromatic carbocycles. The first-order valence-corrected chi connectivity index (χ1v) is 6.50. The lowest BCUT2D eigenvalue weighted by Crippen LogP contribution is -2.19. The van der Waals surface area contributed by atoms with Crippen LogP contribution in [0, 0.1) is 0 Å². The molecule has 78 valence electrons. The molecular weight excluding hydrogens is 268 g/mol. The van der Waals surface area contributed by atoms with Crippen LogP contribution in [-0.2, 0) is 9.84 Å². The van der Waals surface area contributed by atoms with E-state index in [9.17, 15) is 13.5 Å². The molecule has 0 spiro atoms. The molecule has 0 radical (unpaired) electrons. The van der Waals surface area contributed by atoms with Gasteiger partial charge in [0.25, 0.3) is 0 Å². The van der Waals surface area contributed by atoms with Crippen molar-refractivity contribution in [3.05, 3.63) is 28.7 Å². The standard InChI is InChI=1S/C9H11BrO3S/c1-2-9(11)14(12,13)8-5-3-4-7(10)6-8/h3-6,9,11H,2H2,1H3. The van der Waals surface area contributed by atoms with Gasteiger partial charge in [-0.25, -0.2) is 8.42 Å². The Kier molecular flexibility index (Phi) is 3.69. The van der Waals surface area contributed by atoms with Crippen LogP contribution in [0.2, 0.25) is 0 Å². The summed E-state index contributed by atoms with van der Waals surface area (Å²) in [5, 5.41) is 9.33. The second-order valence-electron chi connectivity index (χ2n) is 2.87. The largest absolute Gasteiger partial charge is 0.377 e. The molecule has 1 unspecified atom stereocenters. The monoisotopic (exact) mass is 278 g/mol. The van der Waals surface area contributed by atoms with Crippen molar-refractivity contribution in [2.75, 3.05) is 0 Å². The molecule has 0 aliphatic rings. The van der Waals surface area contributed by atoms with E-state index in [-0.39, 0.29) is 11.3 Å². The van der Waals surface area contributed by atoms with Crippen LogP contribution in [0.4, 0.5) is 0 Å². The maximum Gasteiger partial charge on any atom is 0.204 e. The number of halogens is 1. The molecule has 0 amide bonds. The highest BCUT2D eigenvalue weighted by molar-refractivity contribution is 9.10. The Morgan fingerprint density at radius 2 is 2.14 bits per heavy atom. The molecular formula is C9H11BrO3S. The summed E-state index contributed by atoms with van der Waals surface area (Å²) in [4.78, 5) is 0.140. The summed E-state index contributed by atoms with van der Waals surface area (Å²) in [6, 6.07) is 6.31. The molecule has 0 fully saturated rings. The molecule has 1 aromatic rings. The molecule has 0 aliphatic carbocycles. The van der Waals surface area contributed by atoms with Crippen molar-refractivity contribution in [3.8, 4) is 0 Å². The zero-order chi connectivity index (χ0) is 10.8. The Balaban J connectivity index is 3.17. The van der Waals surface area contributed by atoms with Gasteiger partial charge in [-0.3, -0.25) is 0 Å². The van der Waals surface area contributed by atoms with E-state index in [1.165, 1.54) is 12.1 Å². The third-order valence-electron chi connectivity index (χ3n) is 1.83.